The van der Waals surface area contributed by atoms with Crippen LogP contribution in [-0.2, 0) is 9.53 Å². The highest BCUT2D eigenvalue weighted by atomic mass is 16.5. The van der Waals surface area contributed by atoms with Crippen molar-refractivity contribution in [1.29, 1.82) is 0 Å². The maximum atomic E-state index is 11.7. The van der Waals surface area contributed by atoms with E-state index in [1.165, 1.54) is 12.8 Å². The van der Waals surface area contributed by atoms with E-state index >= 15 is 0 Å². The topological polar surface area (TPSA) is 38.3 Å². The van der Waals surface area contributed by atoms with Crippen LogP contribution in [0.3, 0.4) is 0 Å². The highest BCUT2D eigenvalue weighted by Gasteiger charge is 2.35. The summed E-state index contributed by atoms with van der Waals surface area (Å²) in [6.45, 7) is 10.5. The van der Waals surface area contributed by atoms with Crippen LogP contribution in [0.4, 0.5) is 0 Å². The van der Waals surface area contributed by atoms with Crippen molar-refractivity contribution in [2.45, 2.75) is 65.5 Å². The number of amides is 1. The molecule has 16 heavy (non-hydrogen) atoms. The van der Waals surface area contributed by atoms with E-state index in [1.807, 2.05) is 20.8 Å². The Morgan fingerprint density at radius 2 is 2.06 bits per heavy atom. The van der Waals surface area contributed by atoms with Gasteiger partial charge >= 0.3 is 0 Å². The molecule has 0 aromatic heterocycles. The first-order valence-corrected chi connectivity index (χ1v) is 6.14. The van der Waals surface area contributed by atoms with Crippen molar-refractivity contribution >= 4 is 5.91 Å². The molecule has 1 unspecified atom stereocenters. The van der Waals surface area contributed by atoms with E-state index in [2.05, 4.69) is 19.2 Å². The monoisotopic (exact) mass is 227 g/mol. The Bertz CT molecular complexity index is 253. The minimum Gasteiger partial charge on any atom is -0.366 e. The molecule has 0 aromatic rings. The molecule has 0 spiro atoms. The summed E-state index contributed by atoms with van der Waals surface area (Å²) < 4.78 is 5.46. The van der Waals surface area contributed by atoms with Gasteiger partial charge < -0.3 is 10.1 Å². The van der Waals surface area contributed by atoms with Gasteiger partial charge in [-0.3, -0.25) is 4.79 Å². The minimum atomic E-state index is -0.247. The lowest BCUT2D eigenvalue weighted by atomic mass is 9.87. The summed E-state index contributed by atoms with van der Waals surface area (Å²) in [4.78, 5) is 11.7. The minimum absolute atomic E-state index is 0.00917. The van der Waals surface area contributed by atoms with Gasteiger partial charge in [-0.05, 0) is 39.0 Å². The SMILES string of the molecule is CC(C)(C)OCC(=O)NC1CCCC1(C)C. The molecule has 1 rings (SSSR count). The molecular formula is C13H25NO2. The predicted octanol–water partition coefficient (Wildman–Crippen LogP) is 2.50. The van der Waals surface area contributed by atoms with Gasteiger partial charge in [-0.25, -0.2) is 0 Å². The molecule has 1 aliphatic carbocycles. The molecule has 0 bridgehead atoms. The molecule has 1 saturated carbocycles. The van der Waals surface area contributed by atoms with Gasteiger partial charge in [0.1, 0.15) is 6.61 Å². The van der Waals surface area contributed by atoms with Crippen LogP contribution < -0.4 is 5.32 Å². The summed E-state index contributed by atoms with van der Waals surface area (Å²) in [6, 6.07) is 0.309. The van der Waals surface area contributed by atoms with Gasteiger partial charge in [-0.15, -0.1) is 0 Å². The lowest BCUT2D eigenvalue weighted by Crippen LogP contribution is -2.43. The van der Waals surface area contributed by atoms with Crippen LogP contribution in [0.15, 0.2) is 0 Å². The van der Waals surface area contributed by atoms with Crippen molar-refractivity contribution in [1.82, 2.24) is 5.32 Å². The average Bonchev–Trinajstić information content (AvgIpc) is 2.42. The Hall–Kier alpha value is -0.570. The molecule has 3 heteroatoms. The predicted molar refractivity (Wildman–Crippen MR) is 65.3 cm³/mol. The van der Waals surface area contributed by atoms with Crippen LogP contribution in [0.5, 0.6) is 0 Å². The lowest BCUT2D eigenvalue weighted by molar-refractivity contribution is -0.131. The normalized spacial score (nSPS) is 24.4. The molecule has 1 aliphatic rings. The molecule has 3 nitrogen and oxygen atoms in total. The fourth-order valence-electron chi connectivity index (χ4n) is 2.11. The largest absolute Gasteiger partial charge is 0.366 e. The second-order valence-corrected chi connectivity index (χ2v) is 6.40. The summed E-state index contributed by atoms with van der Waals surface area (Å²) in [5.41, 5.74) is -0.0140. The second kappa shape index (κ2) is 4.74. The molecule has 0 aromatic carbocycles. The molecule has 1 atom stereocenters. The zero-order chi connectivity index (χ0) is 12.4. The highest BCUT2D eigenvalue weighted by Crippen LogP contribution is 2.37. The van der Waals surface area contributed by atoms with Crippen molar-refractivity contribution in [2.24, 2.45) is 5.41 Å². The Morgan fingerprint density at radius 1 is 1.44 bits per heavy atom. The Labute approximate surface area is 98.9 Å². The summed E-state index contributed by atoms with van der Waals surface area (Å²) in [6.07, 6.45) is 3.49. The standard InChI is InChI=1S/C13H25NO2/c1-12(2,3)16-9-11(15)14-10-7-6-8-13(10,4)5/h10H,6-9H2,1-5H3,(H,14,15). The highest BCUT2D eigenvalue weighted by molar-refractivity contribution is 5.77. The van der Waals surface area contributed by atoms with E-state index in [-0.39, 0.29) is 23.5 Å². The van der Waals surface area contributed by atoms with E-state index < -0.39 is 0 Å². The molecule has 94 valence electrons. The zero-order valence-corrected chi connectivity index (χ0v) is 11.2. The van der Waals surface area contributed by atoms with Crippen LogP contribution >= 0.6 is 0 Å². The fraction of sp³-hybridized carbons (Fsp3) is 0.923. The van der Waals surface area contributed by atoms with Crippen molar-refractivity contribution in [3.8, 4) is 0 Å². The van der Waals surface area contributed by atoms with Gasteiger partial charge in [0.15, 0.2) is 0 Å². The third kappa shape index (κ3) is 4.12. The molecule has 1 amide bonds. The first-order valence-electron chi connectivity index (χ1n) is 6.14. The van der Waals surface area contributed by atoms with E-state index in [9.17, 15) is 4.79 Å². The van der Waals surface area contributed by atoms with Crippen LogP contribution in [0.2, 0.25) is 0 Å². The first-order chi connectivity index (χ1) is 7.21. The third-order valence-electron chi connectivity index (χ3n) is 3.23. The van der Waals surface area contributed by atoms with E-state index in [0.717, 1.165) is 6.42 Å². The molecule has 0 heterocycles. The quantitative estimate of drug-likeness (QED) is 0.804. The van der Waals surface area contributed by atoms with Crippen molar-refractivity contribution < 1.29 is 9.53 Å². The number of hydrogen-bond acceptors (Lipinski definition) is 2. The molecule has 1 fully saturated rings. The zero-order valence-electron chi connectivity index (χ0n) is 11.2. The average molecular weight is 227 g/mol. The number of hydrogen-bond donors (Lipinski definition) is 1. The maximum Gasteiger partial charge on any atom is 0.246 e. The Morgan fingerprint density at radius 3 is 2.50 bits per heavy atom. The van der Waals surface area contributed by atoms with E-state index in [1.54, 1.807) is 0 Å². The van der Waals surface area contributed by atoms with Gasteiger partial charge in [0.05, 0.1) is 5.60 Å². The second-order valence-electron chi connectivity index (χ2n) is 6.40. The van der Waals surface area contributed by atoms with Gasteiger partial charge in [-0.2, -0.15) is 0 Å². The van der Waals surface area contributed by atoms with Gasteiger partial charge in [0.25, 0.3) is 0 Å². The van der Waals surface area contributed by atoms with Crippen molar-refractivity contribution in [3.63, 3.8) is 0 Å². The van der Waals surface area contributed by atoms with Gasteiger partial charge in [0.2, 0.25) is 5.91 Å². The molecule has 0 saturated heterocycles. The number of nitrogens with one attached hydrogen (secondary N) is 1. The maximum absolute atomic E-state index is 11.7. The summed E-state index contributed by atoms with van der Waals surface area (Å²) in [5, 5.41) is 3.08. The number of carbonyl (C=O) groups is 1. The molecular weight excluding hydrogens is 202 g/mol. The van der Waals surface area contributed by atoms with Crippen LogP contribution in [0.1, 0.15) is 53.9 Å². The van der Waals surface area contributed by atoms with Gasteiger partial charge in [0, 0.05) is 6.04 Å². The smallest absolute Gasteiger partial charge is 0.246 e. The van der Waals surface area contributed by atoms with Crippen LogP contribution in [0, 0.1) is 5.41 Å². The number of carbonyl (C=O) groups excluding carboxylic acids is 1. The summed E-state index contributed by atoms with van der Waals surface area (Å²) >= 11 is 0. The van der Waals surface area contributed by atoms with Crippen molar-refractivity contribution in [2.75, 3.05) is 6.61 Å². The van der Waals surface area contributed by atoms with E-state index in [4.69, 9.17) is 4.74 Å². The van der Waals surface area contributed by atoms with Crippen LogP contribution in [0.25, 0.3) is 0 Å². The molecule has 0 aliphatic heterocycles. The summed E-state index contributed by atoms with van der Waals surface area (Å²) in [7, 11) is 0. The van der Waals surface area contributed by atoms with Gasteiger partial charge in [-0.1, -0.05) is 20.3 Å². The third-order valence-corrected chi connectivity index (χ3v) is 3.23. The fourth-order valence-corrected chi connectivity index (χ4v) is 2.11. The van der Waals surface area contributed by atoms with Crippen molar-refractivity contribution in [3.05, 3.63) is 0 Å². The lowest BCUT2D eigenvalue weighted by Gasteiger charge is -2.28. The molecule has 1 N–H and O–H groups in total. The number of ether oxygens (including phenoxy) is 1. The first kappa shape index (κ1) is 13.5. The molecule has 0 radical (unpaired) electrons. The number of rotatable bonds is 3. The van der Waals surface area contributed by atoms with Crippen LogP contribution in [-0.4, -0.2) is 24.2 Å². The Kier molecular flexibility index (Phi) is 4.00. The van der Waals surface area contributed by atoms with E-state index in [0.29, 0.717) is 6.04 Å². The Balaban J connectivity index is 2.35. The summed E-state index contributed by atoms with van der Waals surface area (Å²) in [5.74, 6) is 0.00917.